The Morgan fingerprint density at radius 1 is 1.48 bits per heavy atom. The van der Waals surface area contributed by atoms with E-state index in [0.29, 0.717) is 32.4 Å². The number of thiazole rings is 1. The van der Waals surface area contributed by atoms with E-state index in [1.807, 2.05) is 31.6 Å². The molecule has 4 N–H and O–H groups in total. The van der Waals surface area contributed by atoms with Crippen molar-refractivity contribution in [2.45, 2.75) is 17.5 Å². The molecule has 1 amide bonds. The lowest BCUT2D eigenvalue weighted by atomic mass is 10.0. The third-order valence-electron chi connectivity index (χ3n) is 5.30. The van der Waals surface area contributed by atoms with Crippen molar-refractivity contribution in [1.29, 1.82) is 0 Å². The molecular formula is C19H22N6O4S2. The van der Waals surface area contributed by atoms with Gasteiger partial charge in [-0.2, -0.15) is 0 Å². The number of thioether (sulfide) groups is 1. The van der Waals surface area contributed by atoms with Crippen LogP contribution in [0.1, 0.15) is 11.0 Å². The second-order valence-electron chi connectivity index (χ2n) is 7.55. The normalized spacial score (nSPS) is 25.5. The Kier molecular flexibility index (Phi) is 5.64. The van der Waals surface area contributed by atoms with Gasteiger partial charge in [0.25, 0.3) is 5.91 Å². The van der Waals surface area contributed by atoms with Gasteiger partial charge in [-0.15, -0.1) is 11.8 Å². The molecule has 1 aromatic heterocycles. The molecule has 3 aliphatic rings. The molecule has 4 heterocycles. The van der Waals surface area contributed by atoms with Gasteiger partial charge in [0.2, 0.25) is 0 Å². The molecule has 3 atom stereocenters. The Hall–Kier alpha value is -2.67. The number of quaternary nitrogens is 1. The summed E-state index contributed by atoms with van der Waals surface area (Å²) in [5.74, 6) is -1.22. The van der Waals surface area contributed by atoms with Crippen LogP contribution in [0.3, 0.4) is 0 Å². The number of aliphatic imine (C=N–C) groups is 1. The van der Waals surface area contributed by atoms with E-state index in [-0.39, 0.29) is 11.5 Å². The van der Waals surface area contributed by atoms with Crippen molar-refractivity contribution in [1.82, 2.24) is 9.88 Å². The lowest BCUT2D eigenvalue weighted by Gasteiger charge is -2.49. The van der Waals surface area contributed by atoms with E-state index in [9.17, 15) is 14.7 Å². The Morgan fingerprint density at radius 3 is 2.77 bits per heavy atom. The molecule has 0 radical (unpaired) electrons. The predicted molar refractivity (Wildman–Crippen MR) is 116 cm³/mol. The summed E-state index contributed by atoms with van der Waals surface area (Å²) >= 11 is 2.68. The number of carbonyl (C=O) groups excluding carboxylic acids is 2. The zero-order valence-electron chi connectivity index (χ0n) is 16.9. The first-order chi connectivity index (χ1) is 14.7. The standard InChI is InChI=1S/C19H22N6O4S2/c1-25(5-3-4-6-25)8-10-9-30-17-12(16(26)24(17)13(10)18(27)28)23-15(20)14(29-2)11-7-22-19(21)31-11/h3-7,12,14,17H,8-9H2,1-2H3,(H4-,20,21,22,23,27,28). The third-order valence-corrected chi connectivity index (χ3v) is 7.50. The maximum absolute atomic E-state index is 12.9. The number of amides is 1. The van der Waals surface area contributed by atoms with Crippen molar-refractivity contribution >= 4 is 45.9 Å². The quantitative estimate of drug-likeness (QED) is 0.240. The summed E-state index contributed by atoms with van der Waals surface area (Å²) in [4.78, 5) is 35.1. The fraction of sp³-hybridized carbons (Fsp3) is 0.368. The number of aromatic nitrogens is 1. The number of hydrogen-bond acceptors (Lipinski definition) is 9. The summed E-state index contributed by atoms with van der Waals surface area (Å²) in [5.41, 5.74) is 12.4. The van der Waals surface area contributed by atoms with Crippen LogP contribution >= 0.6 is 23.1 Å². The molecule has 0 saturated carbocycles. The first-order valence-electron chi connectivity index (χ1n) is 9.41. The SMILES string of the molecule is COC(C(N)=NC1C(=O)N2C(C(=O)[O-])=C(C[N+]3(C)C=CC=C3)CSC12)c1cnc(N)s1. The molecule has 10 nitrogen and oxygen atoms in total. The van der Waals surface area contributed by atoms with E-state index in [4.69, 9.17) is 16.2 Å². The highest BCUT2D eigenvalue weighted by molar-refractivity contribution is 8.00. The van der Waals surface area contributed by atoms with Crippen LogP contribution in [0.15, 0.2) is 47.0 Å². The van der Waals surface area contributed by atoms with Crippen molar-refractivity contribution in [3.05, 3.63) is 46.9 Å². The molecule has 12 heteroatoms. The van der Waals surface area contributed by atoms with Crippen LogP contribution in [0.4, 0.5) is 5.13 Å². The molecule has 164 valence electrons. The Labute approximate surface area is 187 Å². The van der Waals surface area contributed by atoms with Gasteiger partial charge >= 0.3 is 0 Å². The van der Waals surface area contributed by atoms with E-state index in [1.165, 1.54) is 35.1 Å². The number of rotatable bonds is 7. The highest BCUT2D eigenvalue weighted by Crippen LogP contribution is 2.42. The first kappa shape index (κ1) is 21.6. The van der Waals surface area contributed by atoms with Crippen LogP contribution in [0.5, 0.6) is 0 Å². The van der Waals surface area contributed by atoms with E-state index < -0.39 is 29.4 Å². The van der Waals surface area contributed by atoms with Gasteiger partial charge in [0.15, 0.2) is 11.2 Å². The number of anilines is 1. The molecule has 31 heavy (non-hydrogen) atoms. The van der Waals surface area contributed by atoms with Crippen molar-refractivity contribution in [3.8, 4) is 0 Å². The summed E-state index contributed by atoms with van der Waals surface area (Å²) < 4.78 is 5.85. The number of aliphatic carboxylic acids is 1. The smallest absolute Gasteiger partial charge is 0.256 e. The average molecular weight is 463 g/mol. The number of fused-ring (bicyclic) bond motifs is 1. The molecular weight excluding hydrogens is 440 g/mol. The van der Waals surface area contributed by atoms with Crippen LogP contribution in [0.25, 0.3) is 0 Å². The van der Waals surface area contributed by atoms with Crippen LogP contribution in [-0.4, -0.2) is 69.9 Å². The summed E-state index contributed by atoms with van der Waals surface area (Å²) in [6.45, 7) is 0.439. The van der Waals surface area contributed by atoms with Crippen LogP contribution in [-0.2, 0) is 14.3 Å². The topological polar surface area (TPSA) is 147 Å². The second kappa shape index (κ2) is 8.11. The molecule has 3 unspecified atom stereocenters. The minimum Gasteiger partial charge on any atom is -0.543 e. The summed E-state index contributed by atoms with van der Waals surface area (Å²) in [5, 5.41) is 11.8. The van der Waals surface area contributed by atoms with Crippen molar-refractivity contribution in [2.24, 2.45) is 10.7 Å². The second-order valence-corrected chi connectivity index (χ2v) is 9.75. The lowest BCUT2D eigenvalue weighted by Crippen LogP contribution is -2.66. The molecule has 3 aliphatic heterocycles. The van der Waals surface area contributed by atoms with Crippen molar-refractivity contribution < 1.29 is 23.9 Å². The number of nitrogens with two attached hydrogens (primary N) is 2. The van der Waals surface area contributed by atoms with Crippen LogP contribution in [0.2, 0.25) is 0 Å². The minimum atomic E-state index is -1.36. The Morgan fingerprint density at radius 2 is 2.19 bits per heavy atom. The number of amidine groups is 1. The summed E-state index contributed by atoms with van der Waals surface area (Å²) in [7, 11) is 3.43. The predicted octanol–water partition coefficient (Wildman–Crippen LogP) is -0.455. The molecule has 1 fully saturated rings. The number of nitrogen functional groups attached to an aromatic ring is 1. The van der Waals surface area contributed by atoms with E-state index in [0.717, 1.165) is 0 Å². The number of β-lactam (4-membered cyclic amide) rings is 1. The number of carboxylic acids is 1. The van der Waals surface area contributed by atoms with Gasteiger partial charge in [0, 0.05) is 24.6 Å². The fourth-order valence-electron chi connectivity index (χ4n) is 3.85. The largest absolute Gasteiger partial charge is 0.543 e. The zero-order valence-corrected chi connectivity index (χ0v) is 18.6. The monoisotopic (exact) mass is 462 g/mol. The number of likely N-dealkylation sites (N-methyl/N-ethyl adjacent to an activating group) is 1. The average Bonchev–Trinajstić information content (AvgIpc) is 3.34. The van der Waals surface area contributed by atoms with E-state index >= 15 is 0 Å². The number of allylic oxidation sites excluding steroid dienone is 2. The van der Waals surface area contributed by atoms with Gasteiger partial charge in [-0.3, -0.25) is 19.2 Å². The highest BCUT2D eigenvalue weighted by atomic mass is 32.2. The molecule has 1 aromatic rings. The molecule has 4 rings (SSSR count). The van der Waals surface area contributed by atoms with E-state index in [1.54, 1.807) is 6.20 Å². The van der Waals surface area contributed by atoms with Gasteiger partial charge in [-0.05, 0) is 12.2 Å². The van der Waals surface area contributed by atoms with Gasteiger partial charge in [0.05, 0.1) is 23.6 Å². The van der Waals surface area contributed by atoms with Gasteiger partial charge < -0.3 is 26.1 Å². The maximum Gasteiger partial charge on any atom is 0.256 e. The summed E-state index contributed by atoms with van der Waals surface area (Å²) in [6.07, 6.45) is 8.59. The molecule has 0 aromatic carbocycles. The third kappa shape index (κ3) is 3.87. The number of ether oxygens (including phenoxy) is 1. The number of carboxylic acid groups (broad SMARTS) is 1. The fourth-order valence-corrected chi connectivity index (χ4v) is 5.94. The van der Waals surface area contributed by atoms with E-state index in [2.05, 4.69) is 9.98 Å². The zero-order chi connectivity index (χ0) is 22.3. The highest BCUT2D eigenvalue weighted by Gasteiger charge is 2.53. The Balaban J connectivity index is 1.57. The van der Waals surface area contributed by atoms with Crippen molar-refractivity contribution in [2.75, 3.05) is 32.2 Å². The lowest BCUT2D eigenvalue weighted by molar-refractivity contribution is -0.798. The number of hydrogen-bond donors (Lipinski definition) is 2. The van der Waals surface area contributed by atoms with Gasteiger partial charge in [0.1, 0.15) is 36.3 Å². The molecule has 0 aliphatic carbocycles. The number of methoxy groups -OCH3 is 1. The van der Waals surface area contributed by atoms with Gasteiger partial charge in [-0.25, -0.2) is 4.98 Å². The van der Waals surface area contributed by atoms with Crippen molar-refractivity contribution in [3.63, 3.8) is 0 Å². The van der Waals surface area contributed by atoms with Gasteiger partial charge in [-0.1, -0.05) is 11.3 Å². The maximum atomic E-state index is 12.9. The first-order valence-corrected chi connectivity index (χ1v) is 11.3. The number of nitrogens with zero attached hydrogens (tertiary/aromatic N) is 4. The van der Waals surface area contributed by atoms with Crippen LogP contribution < -0.4 is 16.6 Å². The van der Waals surface area contributed by atoms with Crippen LogP contribution in [0, 0.1) is 0 Å². The summed E-state index contributed by atoms with van der Waals surface area (Å²) in [6, 6.07) is -0.792. The molecule has 0 bridgehead atoms. The Bertz CT molecular complexity index is 1030. The molecule has 1 saturated heterocycles. The molecule has 0 spiro atoms. The number of carbonyl (C=O) groups is 2. The minimum absolute atomic E-state index is 0.0645.